The molecule has 6 heteroatoms. The molecule has 0 radical (unpaired) electrons. The molecule has 1 saturated carbocycles. The molecule has 1 unspecified atom stereocenters. The number of hydrogen-bond donors (Lipinski definition) is 1. The maximum atomic E-state index is 11.6. The lowest BCUT2D eigenvalue weighted by atomic mass is 10.1. The highest BCUT2D eigenvalue weighted by atomic mass is 35.5. The Bertz CT molecular complexity index is 462. The van der Waals surface area contributed by atoms with Crippen LogP contribution in [0.3, 0.4) is 0 Å². The van der Waals surface area contributed by atoms with E-state index in [-0.39, 0.29) is 24.7 Å². The summed E-state index contributed by atoms with van der Waals surface area (Å²) < 4.78 is -0.946. The molecule has 96 valence electrons. The van der Waals surface area contributed by atoms with Gasteiger partial charge in [-0.25, -0.2) is 0 Å². The molecular formula is C12H12Cl2N2O2. The number of pyridine rings is 1. The first-order chi connectivity index (χ1) is 8.49. The topological polar surface area (TPSA) is 59.1 Å². The minimum absolute atomic E-state index is 0.00150. The molecule has 1 aromatic heterocycles. The quantitative estimate of drug-likeness (QED) is 0.835. The van der Waals surface area contributed by atoms with Gasteiger partial charge >= 0.3 is 0 Å². The third-order valence-electron chi connectivity index (χ3n) is 2.75. The fourth-order valence-electron chi connectivity index (χ4n) is 1.60. The highest BCUT2D eigenvalue weighted by Gasteiger charge is 2.56. The van der Waals surface area contributed by atoms with E-state index in [2.05, 4.69) is 10.3 Å². The summed E-state index contributed by atoms with van der Waals surface area (Å²) in [5, 5.41) is 2.55. The second-order valence-electron chi connectivity index (χ2n) is 4.31. The number of carbonyl (C=O) groups excluding carboxylic acids is 2. The molecule has 4 nitrogen and oxygen atoms in total. The first kappa shape index (κ1) is 13.3. The number of nitrogens with one attached hydrogen (secondary N) is 1. The normalized spacial score (nSPS) is 20.2. The Kier molecular flexibility index (Phi) is 3.88. The first-order valence-corrected chi connectivity index (χ1v) is 6.31. The second-order valence-corrected chi connectivity index (χ2v) is 5.85. The number of rotatable bonds is 5. The van der Waals surface area contributed by atoms with Gasteiger partial charge in [-0.1, -0.05) is 0 Å². The van der Waals surface area contributed by atoms with Crippen molar-refractivity contribution in [3.05, 3.63) is 30.1 Å². The van der Waals surface area contributed by atoms with Crippen LogP contribution in [0.2, 0.25) is 0 Å². The maximum Gasteiger partial charge on any atom is 0.226 e. The molecule has 0 aromatic carbocycles. The Hall–Kier alpha value is -1.13. The van der Waals surface area contributed by atoms with E-state index < -0.39 is 10.3 Å². The van der Waals surface area contributed by atoms with Crippen molar-refractivity contribution >= 4 is 34.9 Å². The molecule has 0 spiro atoms. The van der Waals surface area contributed by atoms with Gasteiger partial charge in [-0.05, 0) is 24.1 Å². The summed E-state index contributed by atoms with van der Waals surface area (Å²) >= 11 is 11.5. The summed E-state index contributed by atoms with van der Waals surface area (Å²) in [4.78, 5) is 27.0. The van der Waals surface area contributed by atoms with Gasteiger partial charge < -0.3 is 5.32 Å². The molecule has 0 bridgehead atoms. The SMILES string of the molecule is O=C(CNC(=O)C1CC1(Cl)Cl)Cc1ccncc1. The van der Waals surface area contributed by atoms with E-state index in [1.54, 1.807) is 24.5 Å². The monoisotopic (exact) mass is 286 g/mol. The molecule has 1 aliphatic rings. The van der Waals surface area contributed by atoms with Gasteiger partial charge in [-0.15, -0.1) is 23.2 Å². The molecule has 1 fully saturated rings. The van der Waals surface area contributed by atoms with Gasteiger partial charge in [-0.2, -0.15) is 0 Å². The predicted octanol–water partition coefficient (Wildman–Crippen LogP) is 1.50. The standard InChI is InChI=1S/C12H12Cl2N2O2/c13-12(14)6-10(12)11(18)16-7-9(17)5-8-1-3-15-4-2-8/h1-4,10H,5-7H2,(H,16,18). The van der Waals surface area contributed by atoms with Gasteiger partial charge in [0.15, 0.2) is 5.78 Å². The van der Waals surface area contributed by atoms with Gasteiger partial charge in [-0.3, -0.25) is 14.6 Å². The molecule has 1 heterocycles. The summed E-state index contributed by atoms with van der Waals surface area (Å²) in [7, 11) is 0. The summed E-state index contributed by atoms with van der Waals surface area (Å²) in [6, 6.07) is 3.53. The zero-order valence-corrected chi connectivity index (χ0v) is 11.0. The van der Waals surface area contributed by atoms with Crippen LogP contribution in [-0.4, -0.2) is 27.6 Å². The zero-order chi connectivity index (χ0) is 13.2. The second kappa shape index (κ2) is 5.24. The van der Waals surface area contributed by atoms with Crippen molar-refractivity contribution in [2.24, 2.45) is 5.92 Å². The van der Waals surface area contributed by atoms with Crippen molar-refractivity contribution in [2.45, 2.75) is 17.2 Å². The van der Waals surface area contributed by atoms with E-state index >= 15 is 0 Å². The van der Waals surface area contributed by atoms with Crippen LogP contribution in [0.1, 0.15) is 12.0 Å². The summed E-state index contributed by atoms with van der Waals surface area (Å²) in [6.07, 6.45) is 3.97. The molecule has 0 aliphatic heterocycles. The van der Waals surface area contributed by atoms with E-state index in [1.165, 1.54) is 0 Å². The highest BCUT2D eigenvalue weighted by Crippen LogP contribution is 2.53. The van der Waals surface area contributed by atoms with E-state index in [4.69, 9.17) is 23.2 Å². The minimum Gasteiger partial charge on any atom is -0.349 e. The first-order valence-electron chi connectivity index (χ1n) is 5.55. The lowest BCUT2D eigenvalue weighted by Gasteiger charge is -2.04. The number of Topliss-reactive ketones (excluding diaryl/α,β-unsaturated/α-hetero) is 1. The summed E-state index contributed by atoms with van der Waals surface area (Å²) in [5.41, 5.74) is 0.875. The smallest absolute Gasteiger partial charge is 0.226 e. The van der Waals surface area contributed by atoms with Crippen molar-refractivity contribution < 1.29 is 9.59 Å². The Morgan fingerprint density at radius 3 is 2.56 bits per heavy atom. The molecule has 2 rings (SSSR count). The molecule has 1 amide bonds. The van der Waals surface area contributed by atoms with Crippen molar-refractivity contribution in [3.8, 4) is 0 Å². The van der Waals surface area contributed by atoms with Crippen molar-refractivity contribution in [1.29, 1.82) is 0 Å². The van der Waals surface area contributed by atoms with Gasteiger partial charge in [0, 0.05) is 18.8 Å². The number of nitrogens with zero attached hydrogens (tertiary/aromatic N) is 1. The van der Waals surface area contributed by atoms with Crippen LogP contribution in [0.25, 0.3) is 0 Å². The Morgan fingerprint density at radius 1 is 1.39 bits per heavy atom. The Balaban J connectivity index is 1.74. The maximum absolute atomic E-state index is 11.6. The fraction of sp³-hybridized carbons (Fsp3) is 0.417. The number of ketones is 1. The van der Waals surface area contributed by atoms with Crippen LogP contribution in [0.5, 0.6) is 0 Å². The van der Waals surface area contributed by atoms with Gasteiger partial charge in [0.2, 0.25) is 5.91 Å². The number of amides is 1. The van der Waals surface area contributed by atoms with Crippen LogP contribution in [0.4, 0.5) is 0 Å². The van der Waals surface area contributed by atoms with Crippen molar-refractivity contribution in [3.63, 3.8) is 0 Å². The largest absolute Gasteiger partial charge is 0.349 e. The van der Waals surface area contributed by atoms with Gasteiger partial charge in [0.25, 0.3) is 0 Å². The van der Waals surface area contributed by atoms with Crippen LogP contribution in [-0.2, 0) is 16.0 Å². The number of alkyl halides is 2. The van der Waals surface area contributed by atoms with Crippen LogP contribution >= 0.6 is 23.2 Å². The van der Waals surface area contributed by atoms with E-state index in [1.807, 2.05) is 0 Å². The molecule has 1 atom stereocenters. The van der Waals surface area contributed by atoms with Gasteiger partial charge in [0.05, 0.1) is 12.5 Å². The van der Waals surface area contributed by atoms with Crippen molar-refractivity contribution in [1.82, 2.24) is 10.3 Å². The molecule has 0 saturated heterocycles. The third kappa shape index (κ3) is 3.43. The molecule has 1 aliphatic carbocycles. The number of halogens is 2. The van der Waals surface area contributed by atoms with E-state index in [0.717, 1.165) is 5.56 Å². The number of carbonyl (C=O) groups is 2. The van der Waals surface area contributed by atoms with Crippen LogP contribution < -0.4 is 5.32 Å². The predicted molar refractivity (Wildman–Crippen MR) is 68.5 cm³/mol. The Morgan fingerprint density at radius 2 is 2.00 bits per heavy atom. The molecule has 1 aromatic rings. The third-order valence-corrected chi connectivity index (χ3v) is 3.59. The van der Waals surface area contributed by atoms with Crippen LogP contribution in [0, 0.1) is 5.92 Å². The van der Waals surface area contributed by atoms with Gasteiger partial charge in [0.1, 0.15) is 4.33 Å². The number of hydrogen-bond acceptors (Lipinski definition) is 3. The van der Waals surface area contributed by atoms with E-state index in [0.29, 0.717) is 6.42 Å². The average molecular weight is 287 g/mol. The Labute approximate surface area is 115 Å². The summed E-state index contributed by atoms with van der Waals surface area (Å²) in [5.74, 6) is -0.720. The van der Waals surface area contributed by atoms with Crippen LogP contribution in [0.15, 0.2) is 24.5 Å². The highest BCUT2D eigenvalue weighted by molar-refractivity contribution is 6.52. The minimum atomic E-state index is -0.946. The fourth-order valence-corrected chi connectivity index (χ4v) is 2.10. The van der Waals surface area contributed by atoms with Crippen molar-refractivity contribution in [2.75, 3.05) is 6.54 Å². The lowest BCUT2D eigenvalue weighted by Crippen LogP contribution is -2.32. The van der Waals surface area contributed by atoms with E-state index in [9.17, 15) is 9.59 Å². The molecule has 18 heavy (non-hydrogen) atoms. The lowest BCUT2D eigenvalue weighted by molar-refractivity contribution is -0.125. The zero-order valence-electron chi connectivity index (χ0n) is 9.53. The summed E-state index contributed by atoms with van der Waals surface area (Å²) in [6.45, 7) is 0.00150. The average Bonchev–Trinajstić information content (AvgIpc) is 2.97. The number of aromatic nitrogens is 1. The molecular weight excluding hydrogens is 275 g/mol. The molecule has 1 N–H and O–H groups in total.